The molecule has 0 atom stereocenters. The topological polar surface area (TPSA) is 57.4 Å². The van der Waals surface area contributed by atoms with E-state index in [-0.39, 0.29) is 5.60 Å². The van der Waals surface area contributed by atoms with Gasteiger partial charge in [0.05, 0.1) is 17.7 Å². The number of aromatic nitrogens is 1. The maximum atomic E-state index is 5.73. The summed E-state index contributed by atoms with van der Waals surface area (Å²) >= 11 is 0. The fourth-order valence-corrected chi connectivity index (χ4v) is 1.70. The van der Waals surface area contributed by atoms with Crippen molar-refractivity contribution in [3.05, 3.63) is 30.3 Å². The molecule has 1 heterocycles. The molecule has 2 rings (SSSR count). The molecule has 4 heteroatoms. The Kier molecular flexibility index (Phi) is 3.90. The predicted molar refractivity (Wildman–Crippen MR) is 77.4 cm³/mol. The van der Waals surface area contributed by atoms with E-state index in [1.165, 1.54) is 0 Å². The van der Waals surface area contributed by atoms with Crippen LogP contribution < -0.4 is 10.5 Å². The largest absolute Gasteiger partial charge is 0.475 e. The van der Waals surface area contributed by atoms with Gasteiger partial charge in [-0.2, -0.15) is 0 Å². The summed E-state index contributed by atoms with van der Waals surface area (Å²) in [5, 5.41) is 1.01. The Bertz CT molecular complexity index is 562. The normalized spacial score (nSPS) is 11.7. The van der Waals surface area contributed by atoms with E-state index in [1.54, 1.807) is 0 Å². The molecule has 0 saturated carbocycles. The molecular weight excluding hydrogens is 240 g/mol. The Balaban J connectivity index is 1.96. The average Bonchev–Trinajstić information content (AvgIpc) is 2.33. The lowest BCUT2D eigenvalue weighted by Crippen LogP contribution is -2.22. The van der Waals surface area contributed by atoms with Gasteiger partial charge in [0.2, 0.25) is 5.88 Å². The highest BCUT2D eigenvalue weighted by atomic mass is 16.5. The number of fused-ring (bicyclic) bond motifs is 1. The van der Waals surface area contributed by atoms with E-state index in [9.17, 15) is 0 Å². The minimum absolute atomic E-state index is 0.141. The van der Waals surface area contributed by atoms with Gasteiger partial charge in [-0.1, -0.05) is 0 Å². The van der Waals surface area contributed by atoms with Gasteiger partial charge in [-0.3, -0.25) is 0 Å². The molecule has 102 valence electrons. The van der Waals surface area contributed by atoms with Crippen molar-refractivity contribution in [2.24, 2.45) is 0 Å². The second kappa shape index (κ2) is 5.45. The molecule has 1 aromatic heterocycles. The molecule has 0 amide bonds. The fourth-order valence-electron chi connectivity index (χ4n) is 1.70. The standard InChI is InChI=1S/C15H20N2O2/c1-15(2,3)19-9-8-18-14-7-4-11-10-12(16)5-6-13(11)17-14/h4-7,10H,8-9,16H2,1-3H3. The van der Waals surface area contributed by atoms with E-state index < -0.39 is 0 Å². The van der Waals surface area contributed by atoms with Crippen LogP contribution in [0.4, 0.5) is 5.69 Å². The van der Waals surface area contributed by atoms with Gasteiger partial charge in [0.25, 0.3) is 0 Å². The summed E-state index contributed by atoms with van der Waals surface area (Å²) in [6, 6.07) is 9.43. The summed E-state index contributed by atoms with van der Waals surface area (Å²) < 4.78 is 11.2. The van der Waals surface area contributed by atoms with Gasteiger partial charge in [-0.15, -0.1) is 0 Å². The molecule has 0 radical (unpaired) electrons. The Morgan fingerprint density at radius 1 is 1.11 bits per heavy atom. The summed E-state index contributed by atoms with van der Waals surface area (Å²) in [4.78, 5) is 4.42. The van der Waals surface area contributed by atoms with Gasteiger partial charge in [-0.25, -0.2) is 4.98 Å². The van der Waals surface area contributed by atoms with Crippen LogP contribution in [0.3, 0.4) is 0 Å². The Morgan fingerprint density at radius 3 is 2.63 bits per heavy atom. The van der Waals surface area contributed by atoms with E-state index in [2.05, 4.69) is 4.98 Å². The van der Waals surface area contributed by atoms with Crippen LogP contribution in [0, 0.1) is 0 Å². The smallest absolute Gasteiger partial charge is 0.213 e. The third-order valence-corrected chi connectivity index (χ3v) is 2.56. The zero-order chi connectivity index (χ0) is 13.9. The molecule has 0 aliphatic heterocycles. The lowest BCUT2D eigenvalue weighted by atomic mass is 10.2. The number of ether oxygens (including phenoxy) is 2. The van der Waals surface area contributed by atoms with E-state index in [1.807, 2.05) is 51.1 Å². The quantitative estimate of drug-likeness (QED) is 0.678. The second-order valence-electron chi connectivity index (χ2n) is 5.41. The van der Waals surface area contributed by atoms with Crippen molar-refractivity contribution in [2.75, 3.05) is 18.9 Å². The lowest BCUT2D eigenvalue weighted by molar-refractivity contribution is -0.0167. The number of rotatable bonds is 4. The van der Waals surface area contributed by atoms with Gasteiger partial charge in [0.15, 0.2) is 0 Å². The highest BCUT2D eigenvalue weighted by Crippen LogP contribution is 2.19. The SMILES string of the molecule is CC(C)(C)OCCOc1ccc2cc(N)ccc2n1. The highest BCUT2D eigenvalue weighted by Gasteiger charge is 2.09. The zero-order valence-corrected chi connectivity index (χ0v) is 11.6. The number of hydrogen-bond acceptors (Lipinski definition) is 4. The van der Waals surface area contributed by atoms with Gasteiger partial charge < -0.3 is 15.2 Å². The van der Waals surface area contributed by atoms with Crippen molar-refractivity contribution >= 4 is 16.6 Å². The maximum Gasteiger partial charge on any atom is 0.213 e. The molecule has 0 aliphatic carbocycles. The highest BCUT2D eigenvalue weighted by molar-refractivity contribution is 5.82. The molecule has 1 aromatic carbocycles. The molecular formula is C15H20N2O2. The minimum atomic E-state index is -0.141. The van der Waals surface area contributed by atoms with Crippen molar-refractivity contribution in [3.8, 4) is 5.88 Å². The summed E-state index contributed by atoms with van der Waals surface area (Å²) in [6.07, 6.45) is 0. The van der Waals surface area contributed by atoms with Crippen LogP contribution in [-0.4, -0.2) is 23.8 Å². The molecule has 4 nitrogen and oxygen atoms in total. The molecule has 0 unspecified atom stereocenters. The lowest BCUT2D eigenvalue weighted by Gasteiger charge is -2.19. The molecule has 0 fully saturated rings. The molecule has 2 N–H and O–H groups in total. The number of nitrogen functional groups attached to an aromatic ring is 1. The number of anilines is 1. The summed E-state index contributed by atoms with van der Waals surface area (Å²) in [5.41, 5.74) is 7.20. The van der Waals surface area contributed by atoms with Gasteiger partial charge in [0.1, 0.15) is 6.61 Å². The zero-order valence-electron chi connectivity index (χ0n) is 11.6. The maximum absolute atomic E-state index is 5.73. The monoisotopic (exact) mass is 260 g/mol. The molecule has 0 saturated heterocycles. The average molecular weight is 260 g/mol. The van der Waals surface area contributed by atoms with Crippen LogP contribution >= 0.6 is 0 Å². The van der Waals surface area contributed by atoms with Crippen LogP contribution in [0.5, 0.6) is 5.88 Å². The van der Waals surface area contributed by atoms with E-state index in [0.29, 0.717) is 19.1 Å². The summed E-state index contributed by atoms with van der Waals surface area (Å²) in [7, 11) is 0. The predicted octanol–water partition coefficient (Wildman–Crippen LogP) is 3.01. The summed E-state index contributed by atoms with van der Waals surface area (Å²) in [6.45, 7) is 7.10. The van der Waals surface area contributed by atoms with Crippen LogP contribution in [0.15, 0.2) is 30.3 Å². The first-order valence-electron chi connectivity index (χ1n) is 6.37. The molecule has 0 spiro atoms. The first-order chi connectivity index (χ1) is 8.94. The molecule has 0 bridgehead atoms. The third kappa shape index (κ3) is 4.10. The van der Waals surface area contributed by atoms with Crippen molar-refractivity contribution in [1.82, 2.24) is 4.98 Å². The first kappa shape index (κ1) is 13.6. The van der Waals surface area contributed by atoms with Crippen molar-refractivity contribution in [1.29, 1.82) is 0 Å². The van der Waals surface area contributed by atoms with Crippen molar-refractivity contribution in [3.63, 3.8) is 0 Å². The van der Waals surface area contributed by atoms with E-state index >= 15 is 0 Å². The van der Waals surface area contributed by atoms with Crippen LogP contribution in [0.1, 0.15) is 20.8 Å². The molecule has 2 aromatic rings. The summed E-state index contributed by atoms with van der Waals surface area (Å²) in [5.74, 6) is 0.606. The minimum Gasteiger partial charge on any atom is -0.475 e. The number of nitrogens with zero attached hydrogens (tertiary/aromatic N) is 1. The van der Waals surface area contributed by atoms with Crippen LogP contribution in [-0.2, 0) is 4.74 Å². The van der Waals surface area contributed by atoms with E-state index in [0.717, 1.165) is 16.6 Å². The third-order valence-electron chi connectivity index (χ3n) is 2.56. The van der Waals surface area contributed by atoms with Gasteiger partial charge in [0, 0.05) is 17.1 Å². The van der Waals surface area contributed by atoms with Crippen molar-refractivity contribution in [2.45, 2.75) is 26.4 Å². The van der Waals surface area contributed by atoms with Gasteiger partial charge in [-0.05, 0) is 45.0 Å². The van der Waals surface area contributed by atoms with Gasteiger partial charge >= 0.3 is 0 Å². The van der Waals surface area contributed by atoms with Crippen LogP contribution in [0.2, 0.25) is 0 Å². The Hall–Kier alpha value is -1.81. The number of nitrogens with two attached hydrogens (primary N) is 1. The van der Waals surface area contributed by atoms with E-state index in [4.69, 9.17) is 15.2 Å². The number of hydrogen-bond donors (Lipinski definition) is 1. The number of benzene rings is 1. The molecule has 19 heavy (non-hydrogen) atoms. The fraction of sp³-hybridized carbons (Fsp3) is 0.400. The first-order valence-corrected chi connectivity index (χ1v) is 6.37. The Labute approximate surface area is 113 Å². The van der Waals surface area contributed by atoms with Crippen molar-refractivity contribution < 1.29 is 9.47 Å². The van der Waals surface area contributed by atoms with Crippen LogP contribution in [0.25, 0.3) is 10.9 Å². The molecule has 0 aliphatic rings. The Morgan fingerprint density at radius 2 is 1.89 bits per heavy atom. The number of pyridine rings is 1. The second-order valence-corrected chi connectivity index (χ2v) is 5.41.